The van der Waals surface area contributed by atoms with Gasteiger partial charge in [0.15, 0.2) is 11.5 Å². The van der Waals surface area contributed by atoms with E-state index in [1.807, 2.05) is 18.2 Å². The van der Waals surface area contributed by atoms with Crippen molar-refractivity contribution in [2.45, 2.75) is 19.8 Å². The Labute approximate surface area is 158 Å². The standard InChI is InChI=1S/C20H24N2O5/c1-14-16(8-5-9-17(14)22(24)25)20(23)21(2)12-6-7-15-10-11-18(26-3)19(13-15)27-4/h5,8-11,13H,6-7,12H2,1-4H3. The van der Waals surface area contributed by atoms with Crippen LogP contribution in [0.1, 0.15) is 27.9 Å². The Balaban J connectivity index is 2.00. The molecule has 0 saturated heterocycles. The number of nitro benzene ring substituents is 1. The number of rotatable bonds is 8. The van der Waals surface area contributed by atoms with Crippen LogP contribution in [0.15, 0.2) is 36.4 Å². The summed E-state index contributed by atoms with van der Waals surface area (Å²) in [5.41, 5.74) is 1.79. The van der Waals surface area contributed by atoms with E-state index in [2.05, 4.69) is 0 Å². The highest BCUT2D eigenvalue weighted by molar-refractivity contribution is 5.96. The van der Waals surface area contributed by atoms with Crippen molar-refractivity contribution >= 4 is 11.6 Å². The number of nitro groups is 1. The summed E-state index contributed by atoms with van der Waals surface area (Å²) < 4.78 is 10.5. The van der Waals surface area contributed by atoms with Gasteiger partial charge in [0.25, 0.3) is 11.6 Å². The van der Waals surface area contributed by atoms with Crippen LogP contribution in [0.25, 0.3) is 0 Å². The maximum absolute atomic E-state index is 12.6. The molecule has 0 unspecified atom stereocenters. The van der Waals surface area contributed by atoms with Gasteiger partial charge in [0.2, 0.25) is 0 Å². The molecule has 144 valence electrons. The first-order valence-electron chi connectivity index (χ1n) is 8.59. The van der Waals surface area contributed by atoms with Gasteiger partial charge in [-0.2, -0.15) is 0 Å². The van der Waals surface area contributed by atoms with Crippen molar-refractivity contribution in [2.24, 2.45) is 0 Å². The summed E-state index contributed by atoms with van der Waals surface area (Å²) in [4.78, 5) is 24.8. The molecule has 0 bridgehead atoms. The molecule has 0 fully saturated rings. The van der Waals surface area contributed by atoms with Crippen LogP contribution in [-0.2, 0) is 6.42 Å². The lowest BCUT2D eigenvalue weighted by molar-refractivity contribution is -0.385. The third-order valence-corrected chi connectivity index (χ3v) is 4.49. The van der Waals surface area contributed by atoms with Crippen LogP contribution in [-0.4, -0.2) is 43.5 Å². The van der Waals surface area contributed by atoms with E-state index >= 15 is 0 Å². The number of benzene rings is 2. The molecule has 0 heterocycles. The number of nitrogens with zero attached hydrogens (tertiary/aromatic N) is 2. The zero-order chi connectivity index (χ0) is 20.0. The molecule has 0 N–H and O–H groups in total. The van der Waals surface area contributed by atoms with Crippen LogP contribution >= 0.6 is 0 Å². The number of ether oxygens (including phenoxy) is 2. The van der Waals surface area contributed by atoms with Crippen molar-refractivity contribution in [3.8, 4) is 11.5 Å². The van der Waals surface area contributed by atoms with E-state index in [9.17, 15) is 14.9 Å². The fraction of sp³-hybridized carbons (Fsp3) is 0.350. The van der Waals surface area contributed by atoms with E-state index in [0.717, 1.165) is 18.4 Å². The number of amides is 1. The Morgan fingerprint density at radius 2 is 1.85 bits per heavy atom. The Morgan fingerprint density at radius 1 is 1.15 bits per heavy atom. The van der Waals surface area contributed by atoms with Crippen LogP contribution in [0.3, 0.4) is 0 Å². The molecular formula is C20H24N2O5. The molecule has 2 aromatic rings. The molecule has 0 spiro atoms. The van der Waals surface area contributed by atoms with Crippen molar-refractivity contribution in [3.05, 3.63) is 63.2 Å². The van der Waals surface area contributed by atoms with Crippen molar-refractivity contribution in [2.75, 3.05) is 27.8 Å². The van der Waals surface area contributed by atoms with Crippen LogP contribution in [0.2, 0.25) is 0 Å². The number of aryl methyl sites for hydroxylation is 1. The van der Waals surface area contributed by atoms with E-state index in [0.29, 0.717) is 29.2 Å². The fourth-order valence-corrected chi connectivity index (χ4v) is 2.92. The normalized spacial score (nSPS) is 10.4. The lowest BCUT2D eigenvalue weighted by Gasteiger charge is -2.18. The van der Waals surface area contributed by atoms with Crippen molar-refractivity contribution < 1.29 is 19.2 Å². The van der Waals surface area contributed by atoms with Gasteiger partial charge in [0.1, 0.15) is 0 Å². The van der Waals surface area contributed by atoms with Gasteiger partial charge in [-0.05, 0) is 43.5 Å². The molecule has 0 atom stereocenters. The van der Waals surface area contributed by atoms with Crippen molar-refractivity contribution in [1.82, 2.24) is 4.90 Å². The number of carbonyl (C=O) groups excluding carboxylic acids is 1. The topological polar surface area (TPSA) is 81.9 Å². The molecule has 2 aromatic carbocycles. The first kappa shape index (κ1) is 20.2. The first-order valence-corrected chi connectivity index (χ1v) is 8.59. The third kappa shape index (κ3) is 4.75. The van der Waals surface area contributed by atoms with Gasteiger partial charge in [0.05, 0.1) is 19.1 Å². The lowest BCUT2D eigenvalue weighted by Crippen LogP contribution is -2.28. The number of hydrogen-bond acceptors (Lipinski definition) is 5. The second-order valence-electron chi connectivity index (χ2n) is 6.23. The summed E-state index contributed by atoms with van der Waals surface area (Å²) in [6.07, 6.45) is 1.53. The smallest absolute Gasteiger partial charge is 0.273 e. The van der Waals surface area contributed by atoms with E-state index in [1.54, 1.807) is 39.2 Å². The van der Waals surface area contributed by atoms with Gasteiger partial charge in [0, 0.05) is 30.8 Å². The van der Waals surface area contributed by atoms with Gasteiger partial charge in [-0.1, -0.05) is 12.1 Å². The minimum atomic E-state index is -0.469. The van der Waals surface area contributed by atoms with Gasteiger partial charge in [-0.15, -0.1) is 0 Å². The SMILES string of the molecule is COc1ccc(CCCN(C)C(=O)c2cccc([N+](=O)[O-])c2C)cc1OC. The molecule has 7 heteroatoms. The van der Waals surface area contributed by atoms with Crippen LogP contribution in [0.5, 0.6) is 11.5 Å². The summed E-state index contributed by atoms with van der Waals surface area (Å²) in [7, 11) is 4.89. The van der Waals surface area contributed by atoms with E-state index in [4.69, 9.17) is 9.47 Å². The first-order chi connectivity index (χ1) is 12.9. The minimum Gasteiger partial charge on any atom is -0.493 e. The Bertz CT molecular complexity index is 835. The summed E-state index contributed by atoms with van der Waals surface area (Å²) in [5, 5.41) is 11.1. The Hall–Kier alpha value is -3.09. The molecule has 0 aliphatic rings. The summed E-state index contributed by atoms with van der Waals surface area (Å²) in [5.74, 6) is 1.13. The zero-order valence-electron chi connectivity index (χ0n) is 16.0. The third-order valence-electron chi connectivity index (χ3n) is 4.49. The molecule has 0 saturated carbocycles. The highest BCUT2D eigenvalue weighted by Gasteiger charge is 2.20. The van der Waals surface area contributed by atoms with Crippen LogP contribution in [0, 0.1) is 17.0 Å². The number of methoxy groups -OCH3 is 2. The second kappa shape index (κ2) is 9.02. The second-order valence-corrected chi connectivity index (χ2v) is 6.23. The zero-order valence-corrected chi connectivity index (χ0v) is 16.0. The summed E-state index contributed by atoms with van der Waals surface area (Å²) in [6.45, 7) is 2.14. The molecule has 0 radical (unpaired) electrons. The van der Waals surface area contributed by atoms with E-state index in [1.165, 1.54) is 12.1 Å². The highest BCUT2D eigenvalue weighted by atomic mass is 16.6. The van der Waals surface area contributed by atoms with Gasteiger partial charge in [-0.3, -0.25) is 14.9 Å². The molecule has 27 heavy (non-hydrogen) atoms. The predicted molar refractivity (Wildman–Crippen MR) is 103 cm³/mol. The van der Waals surface area contributed by atoms with E-state index < -0.39 is 4.92 Å². The maximum Gasteiger partial charge on any atom is 0.273 e. The maximum atomic E-state index is 12.6. The predicted octanol–water partition coefficient (Wildman–Crippen LogP) is 3.63. The largest absolute Gasteiger partial charge is 0.493 e. The molecule has 1 amide bonds. The molecule has 7 nitrogen and oxygen atoms in total. The highest BCUT2D eigenvalue weighted by Crippen LogP contribution is 2.28. The fourth-order valence-electron chi connectivity index (χ4n) is 2.92. The Morgan fingerprint density at radius 3 is 2.48 bits per heavy atom. The monoisotopic (exact) mass is 372 g/mol. The van der Waals surface area contributed by atoms with Gasteiger partial charge >= 0.3 is 0 Å². The quantitative estimate of drug-likeness (QED) is 0.522. The van der Waals surface area contributed by atoms with Crippen molar-refractivity contribution in [3.63, 3.8) is 0 Å². The Kier molecular flexibility index (Phi) is 6.76. The number of hydrogen-bond donors (Lipinski definition) is 0. The lowest BCUT2D eigenvalue weighted by atomic mass is 10.1. The number of carbonyl (C=O) groups is 1. The summed E-state index contributed by atoms with van der Waals surface area (Å²) >= 11 is 0. The average Bonchev–Trinajstić information content (AvgIpc) is 2.67. The van der Waals surface area contributed by atoms with E-state index in [-0.39, 0.29) is 11.6 Å². The minimum absolute atomic E-state index is 0.0421. The molecular weight excluding hydrogens is 348 g/mol. The van der Waals surface area contributed by atoms with Gasteiger partial charge in [-0.25, -0.2) is 0 Å². The summed E-state index contributed by atoms with van der Waals surface area (Å²) in [6, 6.07) is 10.3. The van der Waals surface area contributed by atoms with Gasteiger partial charge < -0.3 is 14.4 Å². The molecule has 0 aliphatic carbocycles. The molecule has 0 aliphatic heterocycles. The average molecular weight is 372 g/mol. The van der Waals surface area contributed by atoms with Crippen LogP contribution in [0.4, 0.5) is 5.69 Å². The van der Waals surface area contributed by atoms with Crippen LogP contribution < -0.4 is 9.47 Å². The van der Waals surface area contributed by atoms with Crippen molar-refractivity contribution in [1.29, 1.82) is 0 Å². The molecule has 2 rings (SSSR count). The molecule has 0 aromatic heterocycles.